The number of carbonyl (C=O) groups excluding carboxylic acids is 1. The van der Waals surface area contributed by atoms with Gasteiger partial charge in [-0.25, -0.2) is 4.98 Å². The van der Waals surface area contributed by atoms with Crippen molar-refractivity contribution in [1.82, 2.24) is 14.8 Å². The molecule has 0 unspecified atom stereocenters. The van der Waals surface area contributed by atoms with Crippen LogP contribution >= 0.6 is 0 Å². The van der Waals surface area contributed by atoms with Crippen LogP contribution < -0.4 is 9.64 Å². The highest BCUT2D eigenvalue weighted by molar-refractivity contribution is 5.94. The number of aliphatic hydroxyl groups excluding tert-OH is 1. The minimum absolute atomic E-state index is 0.0508. The van der Waals surface area contributed by atoms with Crippen LogP contribution in [-0.2, 0) is 4.79 Å². The van der Waals surface area contributed by atoms with Crippen molar-refractivity contribution in [1.29, 1.82) is 0 Å². The van der Waals surface area contributed by atoms with E-state index in [4.69, 9.17) is 9.72 Å². The number of aliphatic hydroxyl groups is 1. The number of aryl methyl sites for hydroxylation is 1. The minimum Gasteiger partial charge on any atom is -0.496 e. The van der Waals surface area contributed by atoms with E-state index in [1.54, 1.807) is 7.11 Å². The van der Waals surface area contributed by atoms with Gasteiger partial charge in [-0.3, -0.25) is 14.4 Å². The van der Waals surface area contributed by atoms with Crippen LogP contribution in [0.15, 0.2) is 48.9 Å². The highest BCUT2D eigenvalue weighted by Gasteiger charge is 2.33. The average molecular weight is 543 g/mol. The summed E-state index contributed by atoms with van der Waals surface area (Å²) in [6, 6.07) is 11.2. The van der Waals surface area contributed by atoms with Gasteiger partial charge in [-0.05, 0) is 118 Å². The largest absolute Gasteiger partial charge is 0.496 e. The summed E-state index contributed by atoms with van der Waals surface area (Å²) < 4.78 is 7.52. The number of nitrogens with zero attached hydrogens (tertiary/aromatic N) is 4. The molecule has 1 aromatic carbocycles. The van der Waals surface area contributed by atoms with E-state index in [9.17, 15) is 9.90 Å². The van der Waals surface area contributed by atoms with Gasteiger partial charge < -0.3 is 9.84 Å². The number of amides is 1. The number of hydrogen-bond donors (Lipinski definition) is 1. The van der Waals surface area contributed by atoms with Crippen LogP contribution in [0.2, 0.25) is 0 Å². The quantitative estimate of drug-likeness (QED) is 0.354. The molecule has 1 amide bonds. The fourth-order valence-electron chi connectivity index (χ4n) is 6.70. The summed E-state index contributed by atoms with van der Waals surface area (Å²) in [4.78, 5) is 20.7. The Morgan fingerprint density at radius 3 is 2.48 bits per heavy atom. The first-order valence-corrected chi connectivity index (χ1v) is 15.1. The van der Waals surface area contributed by atoms with Crippen molar-refractivity contribution < 1.29 is 14.6 Å². The number of carbonyl (C=O) groups is 1. The summed E-state index contributed by atoms with van der Waals surface area (Å²) in [5.41, 5.74) is 4.70. The number of methoxy groups -OCH3 is 1. The first-order valence-electron chi connectivity index (χ1n) is 15.1. The van der Waals surface area contributed by atoms with E-state index in [0.29, 0.717) is 37.3 Å². The molecule has 40 heavy (non-hydrogen) atoms. The molecule has 0 aliphatic heterocycles. The molecule has 0 spiro atoms. The Morgan fingerprint density at radius 2 is 1.77 bits per heavy atom. The minimum atomic E-state index is -0.279. The zero-order valence-corrected chi connectivity index (χ0v) is 23.8. The molecule has 7 heteroatoms. The van der Waals surface area contributed by atoms with Gasteiger partial charge in [-0.2, -0.15) is 5.10 Å². The second-order valence-corrected chi connectivity index (χ2v) is 12.2. The van der Waals surface area contributed by atoms with Crippen LogP contribution in [0.5, 0.6) is 5.75 Å². The second-order valence-electron chi connectivity index (χ2n) is 12.2. The standard InChI is InChI=1S/C33H42N4O3/c1-22-17-26(9-14-31(22)40-2)24-5-3-23(4-6-24)20-36(33(39)25-7-12-30(38)13-8-25)32-18-27(15-16-34-32)28-19-35-37(21-28)29-10-11-29/h9,14-19,21,23-25,29-30,38H,3-8,10-13,20H2,1-2H3. The first-order chi connectivity index (χ1) is 19.5. The van der Waals surface area contributed by atoms with Gasteiger partial charge in [-0.15, -0.1) is 0 Å². The molecule has 2 heterocycles. The summed E-state index contributed by atoms with van der Waals surface area (Å²) in [5, 5.41) is 14.6. The Bertz CT molecular complexity index is 1320. The molecule has 3 saturated carbocycles. The number of pyridine rings is 1. The lowest BCUT2D eigenvalue weighted by Crippen LogP contribution is -2.42. The van der Waals surface area contributed by atoms with E-state index in [0.717, 1.165) is 61.2 Å². The molecule has 3 aliphatic rings. The second kappa shape index (κ2) is 11.7. The van der Waals surface area contributed by atoms with Gasteiger partial charge in [0, 0.05) is 30.4 Å². The predicted octanol–water partition coefficient (Wildman–Crippen LogP) is 6.46. The van der Waals surface area contributed by atoms with E-state index in [2.05, 4.69) is 47.2 Å². The fourth-order valence-corrected chi connectivity index (χ4v) is 6.70. The topological polar surface area (TPSA) is 80.5 Å². The van der Waals surface area contributed by atoms with Gasteiger partial charge in [-0.1, -0.05) is 12.1 Å². The fraction of sp³-hybridized carbons (Fsp3) is 0.545. The Labute approximate surface area is 237 Å². The van der Waals surface area contributed by atoms with Gasteiger partial charge in [0.2, 0.25) is 5.91 Å². The van der Waals surface area contributed by atoms with Gasteiger partial charge in [0.25, 0.3) is 0 Å². The smallest absolute Gasteiger partial charge is 0.231 e. The van der Waals surface area contributed by atoms with E-state index >= 15 is 0 Å². The molecule has 3 aliphatic carbocycles. The molecule has 3 aromatic rings. The van der Waals surface area contributed by atoms with Gasteiger partial charge in [0.15, 0.2) is 0 Å². The van der Waals surface area contributed by atoms with Crippen LogP contribution in [0.1, 0.15) is 87.3 Å². The molecule has 6 rings (SSSR count). The van der Waals surface area contributed by atoms with Crippen molar-refractivity contribution in [2.45, 2.75) is 89.2 Å². The van der Waals surface area contributed by atoms with Crippen molar-refractivity contribution in [3.8, 4) is 16.9 Å². The maximum absolute atomic E-state index is 14.0. The summed E-state index contributed by atoms with van der Waals surface area (Å²) in [5.74, 6) is 2.78. The molecule has 1 N–H and O–H groups in total. The normalized spacial score (nSPS) is 25.0. The molecule has 0 radical (unpaired) electrons. The molecule has 3 fully saturated rings. The lowest BCUT2D eigenvalue weighted by Gasteiger charge is -2.35. The van der Waals surface area contributed by atoms with E-state index in [1.807, 2.05) is 23.4 Å². The van der Waals surface area contributed by atoms with Crippen molar-refractivity contribution in [2.75, 3.05) is 18.6 Å². The third-order valence-electron chi connectivity index (χ3n) is 9.37. The molecule has 7 nitrogen and oxygen atoms in total. The van der Waals surface area contributed by atoms with E-state index < -0.39 is 0 Å². The Hall–Kier alpha value is -3.19. The van der Waals surface area contributed by atoms with Crippen LogP contribution in [0.4, 0.5) is 5.82 Å². The average Bonchev–Trinajstić information content (AvgIpc) is 3.72. The number of anilines is 1. The van der Waals surface area contributed by atoms with Crippen molar-refractivity contribution in [3.05, 3.63) is 60.0 Å². The molecule has 0 atom stereocenters. The zero-order valence-electron chi connectivity index (χ0n) is 23.8. The van der Waals surface area contributed by atoms with Gasteiger partial charge in [0.05, 0.1) is 25.5 Å². The highest BCUT2D eigenvalue weighted by Crippen LogP contribution is 2.39. The molecule has 2 aromatic heterocycles. The summed E-state index contributed by atoms with van der Waals surface area (Å²) in [6.45, 7) is 2.81. The number of aromatic nitrogens is 3. The van der Waals surface area contributed by atoms with E-state index in [-0.39, 0.29) is 17.9 Å². The third-order valence-corrected chi connectivity index (χ3v) is 9.37. The van der Waals surface area contributed by atoms with Gasteiger partial charge in [0.1, 0.15) is 11.6 Å². The third kappa shape index (κ3) is 5.95. The maximum Gasteiger partial charge on any atom is 0.231 e. The Kier molecular flexibility index (Phi) is 7.92. The van der Waals surface area contributed by atoms with Crippen LogP contribution in [0.25, 0.3) is 11.1 Å². The SMILES string of the molecule is COc1ccc(C2CCC(CN(C(=O)C3CCC(O)CC3)c3cc(-c4cnn(C5CC5)c4)ccn3)CC2)cc1C. The molecule has 212 valence electrons. The van der Waals surface area contributed by atoms with E-state index in [1.165, 1.54) is 24.0 Å². The molecule has 0 bridgehead atoms. The number of ether oxygens (including phenoxy) is 1. The van der Waals surface area contributed by atoms with Crippen molar-refractivity contribution in [3.63, 3.8) is 0 Å². The van der Waals surface area contributed by atoms with Crippen molar-refractivity contribution in [2.24, 2.45) is 11.8 Å². The number of hydrogen-bond acceptors (Lipinski definition) is 5. The maximum atomic E-state index is 14.0. The lowest BCUT2D eigenvalue weighted by molar-refractivity contribution is -0.124. The summed E-state index contributed by atoms with van der Waals surface area (Å²) >= 11 is 0. The van der Waals surface area contributed by atoms with Crippen molar-refractivity contribution >= 4 is 11.7 Å². The molecule has 0 saturated heterocycles. The summed E-state index contributed by atoms with van der Waals surface area (Å²) in [7, 11) is 1.72. The van der Waals surface area contributed by atoms with Gasteiger partial charge >= 0.3 is 0 Å². The first kappa shape index (κ1) is 27.0. The molecular weight excluding hydrogens is 500 g/mol. The van der Waals surface area contributed by atoms with Crippen LogP contribution in [0, 0.1) is 18.8 Å². The Balaban J connectivity index is 1.19. The van der Waals surface area contributed by atoms with Crippen LogP contribution in [0.3, 0.4) is 0 Å². The monoisotopic (exact) mass is 542 g/mol. The number of benzene rings is 1. The lowest BCUT2D eigenvalue weighted by atomic mass is 9.78. The highest BCUT2D eigenvalue weighted by atomic mass is 16.5. The zero-order chi connectivity index (χ0) is 27.6. The number of rotatable bonds is 8. The summed E-state index contributed by atoms with van der Waals surface area (Å²) in [6.07, 6.45) is 15.3. The predicted molar refractivity (Wildman–Crippen MR) is 156 cm³/mol. The van der Waals surface area contributed by atoms with Crippen LogP contribution in [-0.4, -0.2) is 45.5 Å². The Morgan fingerprint density at radius 1 is 1.00 bits per heavy atom. The molecular formula is C33H42N4O3.